The maximum atomic E-state index is 5.72. The van der Waals surface area contributed by atoms with Crippen LogP contribution in [-0.4, -0.2) is 25.3 Å². The Bertz CT molecular complexity index is 338. The molecule has 0 radical (unpaired) electrons. The number of hydrogen-bond donors (Lipinski definition) is 1. The number of aryl methyl sites for hydroxylation is 1. The number of nitrogen functional groups attached to an aromatic ring is 1. The molecule has 0 amide bonds. The summed E-state index contributed by atoms with van der Waals surface area (Å²) in [6.07, 6.45) is -0.132. The van der Waals surface area contributed by atoms with Crippen LogP contribution in [0, 0.1) is 6.92 Å². The first-order valence-electron chi connectivity index (χ1n) is 5.89. The largest absolute Gasteiger partial charge is 0.399 e. The molecule has 0 aromatic heterocycles. The molecule has 1 aromatic rings. The quantitative estimate of drug-likeness (QED) is 0.462. The predicted octanol–water partition coefficient (Wildman–Crippen LogP) is 3.07. The second-order valence-corrected chi connectivity index (χ2v) is 4.74. The number of ether oxygens (including phenoxy) is 2. The lowest BCUT2D eigenvalue weighted by Gasteiger charge is -2.17. The fourth-order valence-electron chi connectivity index (χ4n) is 1.51. The summed E-state index contributed by atoms with van der Waals surface area (Å²) < 4.78 is 11.0. The van der Waals surface area contributed by atoms with Gasteiger partial charge in [0.25, 0.3) is 0 Å². The van der Waals surface area contributed by atoms with Crippen molar-refractivity contribution in [3.05, 3.63) is 23.8 Å². The maximum Gasteiger partial charge on any atom is 0.166 e. The summed E-state index contributed by atoms with van der Waals surface area (Å²) >= 11 is 1.74. The monoisotopic (exact) mass is 255 g/mol. The molecule has 0 atom stereocenters. The Balaban J connectivity index is 2.52. The van der Waals surface area contributed by atoms with Crippen LogP contribution in [0.3, 0.4) is 0 Å². The lowest BCUT2D eigenvalue weighted by molar-refractivity contribution is -0.120. The summed E-state index contributed by atoms with van der Waals surface area (Å²) in [4.78, 5) is 1.23. The first-order valence-corrected chi connectivity index (χ1v) is 6.88. The van der Waals surface area contributed by atoms with Crippen molar-refractivity contribution >= 4 is 17.4 Å². The molecule has 0 bridgehead atoms. The molecule has 1 rings (SSSR count). The zero-order valence-electron chi connectivity index (χ0n) is 10.7. The van der Waals surface area contributed by atoms with Gasteiger partial charge in [0.15, 0.2) is 6.29 Å². The number of hydrogen-bond acceptors (Lipinski definition) is 4. The van der Waals surface area contributed by atoms with Crippen molar-refractivity contribution in [2.45, 2.75) is 32.0 Å². The average molecular weight is 255 g/mol. The Hall–Kier alpha value is -0.710. The van der Waals surface area contributed by atoms with Gasteiger partial charge in [0.05, 0.1) is 0 Å². The SMILES string of the molecule is CCOC(CSc1ccc(N)cc1C)OCC. The number of anilines is 1. The lowest BCUT2D eigenvalue weighted by atomic mass is 10.2. The number of benzene rings is 1. The van der Waals surface area contributed by atoms with E-state index in [-0.39, 0.29) is 6.29 Å². The Morgan fingerprint density at radius 1 is 1.24 bits per heavy atom. The van der Waals surface area contributed by atoms with Gasteiger partial charge < -0.3 is 15.2 Å². The molecular formula is C13H21NO2S. The summed E-state index contributed by atoms with van der Waals surface area (Å²) in [5.74, 6) is 0.798. The molecule has 0 unspecified atom stereocenters. The summed E-state index contributed by atoms with van der Waals surface area (Å²) in [5.41, 5.74) is 7.72. The van der Waals surface area contributed by atoms with E-state index in [0.29, 0.717) is 13.2 Å². The Kier molecular flexibility index (Phi) is 6.40. The molecule has 1 aromatic carbocycles. The molecular weight excluding hydrogens is 234 g/mol. The summed E-state index contributed by atoms with van der Waals surface area (Å²) in [5, 5.41) is 0. The van der Waals surface area contributed by atoms with Gasteiger partial charge in [-0.15, -0.1) is 11.8 Å². The molecule has 0 saturated carbocycles. The minimum Gasteiger partial charge on any atom is -0.399 e. The van der Waals surface area contributed by atoms with Crippen molar-refractivity contribution < 1.29 is 9.47 Å². The molecule has 0 aliphatic rings. The van der Waals surface area contributed by atoms with E-state index in [9.17, 15) is 0 Å². The van der Waals surface area contributed by atoms with Gasteiger partial charge in [-0.3, -0.25) is 0 Å². The molecule has 0 saturated heterocycles. The molecule has 0 fully saturated rings. The summed E-state index contributed by atoms with van der Waals surface area (Å²) in [7, 11) is 0. The first-order chi connectivity index (χ1) is 8.17. The number of thioether (sulfide) groups is 1. The Morgan fingerprint density at radius 2 is 1.88 bits per heavy atom. The molecule has 17 heavy (non-hydrogen) atoms. The van der Waals surface area contributed by atoms with Crippen LogP contribution in [0.1, 0.15) is 19.4 Å². The highest BCUT2D eigenvalue weighted by Gasteiger charge is 2.09. The van der Waals surface area contributed by atoms with Gasteiger partial charge in [0, 0.05) is 29.5 Å². The zero-order chi connectivity index (χ0) is 12.7. The van der Waals surface area contributed by atoms with E-state index in [2.05, 4.69) is 6.92 Å². The maximum absolute atomic E-state index is 5.72. The third kappa shape index (κ3) is 4.98. The normalized spacial score (nSPS) is 11.1. The predicted molar refractivity (Wildman–Crippen MR) is 73.4 cm³/mol. The van der Waals surface area contributed by atoms with E-state index in [0.717, 1.165) is 11.4 Å². The van der Waals surface area contributed by atoms with Crippen LogP contribution < -0.4 is 5.73 Å². The molecule has 2 N–H and O–H groups in total. The minimum atomic E-state index is -0.132. The number of nitrogens with two attached hydrogens (primary N) is 1. The fourth-order valence-corrected chi connectivity index (χ4v) is 2.47. The van der Waals surface area contributed by atoms with Gasteiger partial charge >= 0.3 is 0 Å². The van der Waals surface area contributed by atoms with Crippen LogP contribution in [0.2, 0.25) is 0 Å². The summed E-state index contributed by atoms with van der Waals surface area (Å²) in [6.45, 7) is 7.36. The Morgan fingerprint density at radius 3 is 2.41 bits per heavy atom. The van der Waals surface area contributed by atoms with Crippen molar-refractivity contribution in [3.8, 4) is 0 Å². The second-order valence-electron chi connectivity index (χ2n) is 3.68. The molecule has 96 valence electrons. The third-order valence-corrected chi connectivity index (χ3v) is 3.49. The van der Waals surface area contributed by atoms with Gasteiger partial charge in [0.1, 0.15) is 0 Å². The van der Waals surface area contributed by atoms with Crippen LogP contribution in [-0.2, 0) is 9.47 Å². The van der Waals surface area contributed by atoms with Crippen molar-refractivity contribution in [3.63, 3.8) is 0 Å². The van der Waals surface area contributed by atoms with Crippen LogP contribution in [0.15, 0.2) is 23.1 Å². The van der Waals surface area contributed by atoms with Gasteiger partial charge in [0.2, 0.25) is 0 Å². The van der Waals surface area contributed by atoms with E-state index < -0.39 is 0 Å². The van der Waals surface area contributed by atoms with Crippen molar-refractivity contribution in [1.29, 1.82) is 0 Å². The van der Waals surface area contributed by atoms with Crippen LogP contribution in [0.4, 0.5) is 5.69 Å². The van der Waals surface area contributed by atoms with E-state index >= 15 is 0 Å². The van der Waals surface area contributed by atoms with Gasteiger partial charge in [-0.05, 0) is 44.5 Å². The van der Waals surface area contributed by atoms with E-state index in [1.807, 2.05) is 32.0 Å². The highest BCUT2D eigenvalue weighted by molar-refractivity contribution is 7.99. The van der Waals surface area contributed by atoms with Gasteiger partial charge in [-0.1, -0.05) is 0 Å². The molecule has 4 heteroatoms. The van der Waals surface area contributed by atoms with Crippen LogP contribution in [0.25, 0.3) is 0 Å². The van der Waals surface area contributed by atoms with Gasteiger partial charge in [-0.2, -0.15) is 0 Å². The Labute approximate surface area is 108 Å². The highest BCUT2D eigenvalue weighted by Crippen LogP contribution is 2.25. The lowest BCUT2D eigenvalue weighted by Crippen LogP contribution is -2.20. The van der Waals surface area contributed by atoms with Crippen LogP contribution in [0.5, 0.6) is 0 Å². The third-order valence-electron chi connectivity index (χ3n) is 2.28. The van der Waals surface area contributed by atoms with E-state index in [1.54, 1.807) is 11.8 Å². The van der Waals surface area contributed by atoms with E-state index in [1.165, 1.54) is 10.5 Å². The second kappa shape index (κ2) is 7.58. The fraction of sp³-hybridized carbons (Fsp3) is 0.538. The van der Waals surface area contributed by atoms with Crippen molar-refractivity contribution in [2.75, 3.05) is 24.7 Å². The minimum absolute atomic E-state index is 0.132. The van der Waals surface area contributed by atoms with Crippen molar-refractivity contribution in [1.82, 2.24) is 0 Å². The molecule has 0 aliphatic carbocycles. The van der Waals surface area contributed by atoms with Gasteiger partial charge in [-0.25, -0.2) is 0 Å². The zero-order valence-corrected chi connectivity index (χ0v) is 11.5. The number of rotatable bonds is 7. The molecule has 3 nitrogen and oxygen atoms in total. The van der Waals surface area contributed by atoms with Crippen LogP contribution >= 0.6 is 11.8 Å². The standard InChI is InChI=1S/C13H21NO2S/c1-4-15-13(16-5-2)9-17-12-7-6-11(14)8-10(12)3/h6-8,13H,4-5,9,14H2,1-3H3. The smallest absolute Gasteiger partial charge is 0.166 e. The summed E-state index contributed by atoms with van der Waals surface area (Å²) in [6, 6.07) is 5.95. The van der Waals surface area contributed by atoms with Crippen molar-refractivity contribution in [2.24, 2.45) is 0 Å². The van der Waals surface area contributed by atoms with E-state index in [4.69, 9.17) is 15.2 Å². The first kappa shape index (κ1) is 14.4. The highest BCUT2D eigenvalue weighted by atomic mass is 32.2. The molecule has 0 spiro atoms. The molecule has 0 heterocycles. The topological polar surface area (TPSA) is 44.5 Å². The molecule has 0 aliphatic heterocycles. The average Bonchev–Trinajstić information content (AvgIpc) is 2.28.